The summed E-state index contributed by atoms with van der Waals surface area (Å²) in [6.07, 6.45) is -2.14. The van der Waals surface area contributed by atoms with E-state index in [1.807, 2.05) is 13.8 Å². The van der Waals surface area contributed by atoms with E-state index in [9.17, 15) is 27.6 Å². The topological polar surface area (TPSA) is 178 Å². The molecular formula is C25H38CaN3O9PS. The quantitative estimate of drug-likeness (QED) is 0.145. The summed E-state index contributed by atoms with van der Waals surface area (Å²) in [5.41, 5.74) is 6.82. The Morgan fingerprint density at radius 1 is 1.15 bits per heavy atom. The van der Waals surface area contributed by atoms with Crippen molar-refractivity contribution in [3.63, 3.8) is 0 Å². The van der Waals surface area contributed by atoms with Gasteiger partial charge < -0.3 is 30.3 Å². The number of carbonyl (C=O) groups is 1. The van der Waals surface area contributed by atoms with Gasteiger partial charge in [0.2, 0.25) is 10.0 Å². The number of nitrogens with zero attached hydrogens (tertiary/aromatic N) is 1. The van der Waals surface area contributed by atoms with Crippen LogP contribution in [0.3, 0.4) is 0 Å². The molecule has 1 aliphatic heterocycles. The molecule has 1 aliphatic rings. The predicted octanol–water partition coefficient (Wildman–Crippen LogP) is 1.60. The van der Waals surface area contributed by atoms with E-state index in [4.69, 9.17) is 19.7 Å². The van der Waals surface area contributed by atoms with Crippen LogP contribution in [0.2, 0.25) is 0 Å². The fraction of sp³-hybridized carbons (Fsp3) is 0.480. The molecule has 0 spiro atoms. The molecule has 1 amide bonds. The Hall–Kier alpha value is -1.25. The number of anilines is 1. The van der Waals surface area contributed by atoms with Gasteiger partial charge in [-0.3, -0.25) is 4.52 Å². The average Bonchev–Trinajstić information content (AvgIpc) is 3.35. The zero-order chi connectivity index (χ0) is 28.6. The number of phosphoric acid groups is 1. The summed E-state index contributed by atoms with van der Waals surface area (Å²) in [6.45, 7) is 3.87. The summed E-state index contributed by atoms with van der Waals surface area (Å²) in [6, 6.07) is 13.5. The molecule has 0 aliphatic carbocycles. The van der Waals surface area contributed by atoms with Crippen molar-refractivity contribution in [3.05, 3.63) is 60.2 Å². The molecule has 220 valence electrons. The normalized spacial score (nSPS) is 17.3. The monoisotopic (exact) mass is 627 g/mol. The maximum atomic E-state index is 13.6. The number of alkyl carbamates (subject to hydrolysis) is 1. The fourth-order valence-electron chi connectivity index (χ4n) is 4.16. The van der Waals surface area contributed by atoms with Gasteiger partial charge in [0.05, 0.1) is 24.2 Å². The Bertz CT molecular complexity index is 1220. The average molecular weight is 628 g/mol. The minimum atomic E-state index is -5.12. The SMILES string of the molecule is CC(C)CN(CC(OP(=O)(O)O)C(Cc1ccccc1)NC(=O)O[C@H]1CCOC1)S(=O)(=O)c1ccc(N)cc1.[CaH2]. The van der Waals surface area contributed by atoms with Crippen molar-refractivity contribution in [2.75, 3.05) is 32.0 Å². The van der Waals surface area contributed by atoms with E-state index < -0.39 is 48.7 Å². The molecule has 0 radical (unpaired) electrons. The van der Waals surface area contributed by atoms with E-state index in [2.05, 4.69) is 5.32 Å². The Morgan fingerprint density at radius 3 is 2.35 bits per heavy atom. The third-order valence-corrected chi connectivity index (χ3v) is 8.35. The Morgan fingerprint density at radius 2 is 1.80 bits per heavy atom. The third kappa shape index (κ3) is 11.2. The summed E-state index contributed by atoms with van der Waals surface area (Å²) in [5, 5.41) is 2.65. The van der Waals surface area contributed by atoms with Crippen LogP contribution in [0.1, 0.15) is 25.8 Å². The van der Waals surface area contributed by atoms with Gasteiger partial charge in [0.15, 0.2) is 0 Å². The number of nitrogen functional groups attached to an aromatic ring is 1. The third-order valence-electron chi connectivity index (χ3n) is 5.96. The first kappa shape index (κ1) is 34.9. The molecule has 1 fully saturated rings. The van der Waals surface area contributed by atoms with Gasteiger partial charge in [0.25, 0.3) is 0 Å². The van der Waals surface area contributed by atoms with Crippen LogP contribution >= 0.6 is 7.82 Å². The van der Waals surface area contributed by atoms with Gasteiger partial charge in [-0.1, -0.05) is 44.2 Å². The first-order valence-corrected chi connectivity index (χ1v) is 15.5. The number of carbonyl (C=O) groups excluding carboxylic acids is 1. The number of hydrogen-bond donors (Lipinski definition) is 4. The second kappa shape index (κ2) is 15.8. The van der Waals surface area contributed by atoms with E-state index in [1.54, 1.807) is 30.3 Å². The van der Waals surface area contributed by atoms with Crippen LogP contribution in [0.5, 0.6) is 0 Å². The van der Waals surface area contributed by atoms with Crippen molar-refractivity contribution in [1.29, 1.82) is 0 Å². The number of phosphoric ester groups is 1. The summed E-state index contributed by atoms with van der Waals surface area (Å²) < 4.78 is 56.2. The van der Waals surface area contributed by atoms with Gasteiger partial charge in [-0.2, -0.15) is 4.31 Å². The Kier molecular flexibility index (Phi) is 13.8. The van der Waals surface area contributed by atoms with E-state index in [0.717, 1.165) is 9.87 Å². The molecule has 0 saturated carbocycles. The zero-order valence-electron chi connectivity index (χ0n) is 21.9. The van der Waals surface area contributed by atoms with E-state index in [-0.39, 0.29) is 68.1 Å². The molecule has 5 N–H and O–H groups in total. The summed E-state index contributed by atoms with van der Waals surface area (Å²) >= 11 is 0. The van der Waals surface area contributed by atoms with Crippen molar-refractivity contribution in [3.8, 4) is 0 Å². The van der Waals surface area contributed by atoms with Crippen molar-refractivity contribution in [2.45, 2.75) is 49.8 Å². The molecule has 2 unspecified atom stereocenters. The van der Waals surface area contributed by atoms with Crippen LogP contribution in [0, 0.1) is 5.92 Å². The van der Waals surface area contributed by atoms with Gasteiger partial charge >= 0.3 is 51.7 Å². The second-order valence-corrected chi connectivity index (χ2v) is 12.9. The number of rotatable bonds is 13. The van der Waals surface area contributed by atoms with Crippen LogP contribution in [-0.2, 0) is 35.0 Å². The maximum absolute atomic E-state index is 13.6. The van der Waals surface area contributed by atoms with Crippen LogP contribution in [0.25, 0.3) is 0 Å². The number of benzene rings is 2. The first-order valence-electron chi connectivity index (χ1n) is 12.5. The fourth-order valence-corrected chi connectivity index (χ4v) is 6.35. The molecule has 3 atom stereocenters. The van der Waals surface area contributed by atoms with E-state index in [1.165, 1.54) is 24.3 Å². The first-order chi connectivity index (χ1) is 18.3. The van der Waals surface area contributed by atoms with Crippen LogP contribution < -0.4 is 11.1 Å². The van der Waals surface area contributed by atoms with E-state index >= 15 is 0 Å². The predicted molar refractivity (Wildman–Crippen MR) is 153 cm³/mol. The van der Waals surface area contributed by atoms with Gasteiger partial charge in [-0.05, 0) is 42.2 Å². The molecule has 0 bridgehead atoms. The number of nitrogens with two attached hydrogens (primary N) is 1. The van der Waals surface area contributed by atoms with Gasteiger partial charge in [0.1, 0.15) is 12.2 Å². The van der Waals surface area contributed by atoms with Gasteiger partial charge in [-0.25, -0.2) is 17.8 Å². The van der Waals surface area contributed by atoms with E-state index in [0.29, 0.717) is 18.7 Å². The van der Waals surface area contributed by atoms with Crippen molar-refractivity contribution < 1.29 is 41.6 Å². The van der Waals surface area contributed by atoms with Crippen molar-refractivity contribution >= 4 is 67.4 Å². The number of amides is 1. The van der Waals surface area contributed by atoms with Gasteiger partial charge in [0, 0.05) is 25.2 Å². The molecule has 15 heteroatoms. The Labute approximate surface area is 264 Å². The summed E-state index contributed by atoms with van der Waals surface area (Å²) in [7, 11) is -9.26. The molecule has 2 aromatic rings. The summed E-state index contributed by atoms with van der Waals surface area (Å²) in [4.78, 5) is 32.3. The molecule has 1 saturated heterocycles. The van der Waals surface area contributed by atoms with Crippen molar-refractivity contribution in [1.82, 2.24) is 9.62 Å². The van der Waals surface area contributed by atoms with Crippen LogP contribution in [-0.4, -0.2) is 111 Å². The van der Waals surface area contributed by atoms with Crippen molar-refractivity contribution in [2.24, 2.45) is 5.92 Å². The standard InChI is InChI=1S/C25H36N3O9PS.Ca.2H/c1-18(2)15-28(39(33,34)22-10-8-20(26)9-11-22)16-24(37-38(30,31)32)23(14-19-6-4-3-5-7-19)27-25(29)36-21-12-13-35-17-21;;;/h3-11,18,21,23-24H,12-17,26H2,1-2H3,(H,27,29)(H2,30,31,32);;;/t21-,23?,24?;;;/m0.../s1. The van der Waals surface area contributed by atoms with Gasteiger partial charge in [-0.15, -0.1) is 0 Å². The molecule has 0 aromatic heterocycles. The molecular weight excluding hydrogens is 589 g/mol. The van der Waals surface area contributed by atoms with Crippen LogP contribution in [0.15, 0.2) is 59.5 Å². The Balaban J connectivity index is 0.00000560. The number of ether oxygens (including phenoxy) is 2. The number of sulfonamides is 1. The number of hydrogen-bond acceptors (Lipinski definition) is 8. The molecule has 2 aromatic carbocycles. The zero-order valence-corrected chi connectivity index (χ0v) is 23.6. The molecule has 1 heterocycles. The molecule has 40 heavy (non-hydrogen) atoms. The number of nitrogens with one attached hydrogen (secondary N) is 1. The second-order valence-electron chi connectivity index (χ2n) is 9.75. The van der Waals surface area contributed by atoms with Crippen LogP contribution in [0.4, 0.5) is 10.5 Å². The minimum absolute atomic E-state index is 0. The molecule has 3 rings (SSSR count). The summed E-state index contributed by atoms with van der Waals surface area (Å²) in [5.74, 6) is -0.142. The molecule has 12 nitrogen and oxygen atoms in total.